The first-order valence-corrected chi connectivity index (χ1v) is 8.60. The standard InChI is InChI=1S/C16H20N4O2S/c1-9-4-6-23-15(9)12-8-13(20-19-12)18-14(21)3-5-17-16(22)11-7-10(11)2/h4,6,8,10-11H,3,5,7H2,1-2H3,(H,17,22)(H2,18,19,20,21)/t10-,11+/m0/s1. The van der Waals surface area contributed by atoms with Crippen molar-refractivity contribution in [2.45, 2.75) is 26.7 Å². The van der Waals surface area contributed by atoms with E-state index < -0.39 is 0 Å². The molecule has 0 radical (unpaired) electrons. The Morgan fingerprint density at radius 2 is 2.26 bits per heavy atom. The Morgan fingerprint density at radius 3 is 2.91 bits per heavy atom. The van der Waals surface area contributed by atoms with E-state index >= 15 is 0 Å². The van der Waals surface area contributed by atoms with Crippen LogP contribution in [0.15, 0.2) is 17.5 Å². The Bertz CT molecular complexity index is 721. The van der Waals surface area contributed by atoms with Crippen molar-refractivity contribution in [1.82, 2.24) is 15.5 Å². The molecule has 2 heterocycles. The lowest BCUT2D eigenvalue weighted by Crippen LogP contribution is -2.29. The van der Waals surface area contributed by atoms with Gasteiger partial charge in [-0.3, -0.25) is 14.7 Å². The molecular formula is C16H20N4O2S. The third kappa shape index (κ3) is 3.79. The minimum Gasteiger partial charge on any atom is -0.355 e. The summed E-state index contributed by atoms with van der Waals surface area (Å²) in [6.45, 7) is 4.45. The van der Waals surface area contributed by atoms with Crippen LogP contribution in [0.1, 0.15) is 25.3 Å². The van der Waals surface area contributed by atoms with Crippen molar-refractivity contribution >= 4 is 29.0 Å². The van der Waals surface area contributed by atoms with Gasteiger partial charge in [0.05, 0.1) is 10.6 Å². The number of hydrogen-bond acceptors (Lipinski definition) is 4. The van der Waals surface area contributed by atoms with E-state index in [0.717, 1.165) is 17.0 Å². The van der Waals surface area contributed by atoms with Crippen molar-refractivity contribution in [3.63, 3.8) is 0 Å². The van der Waals surface area contributed by atoms with Crippen LogP contribution in [-0.2, 0) is 9.59 Å². The predicted octanol–water partition coefficient (Wildman–Crippen LogP) is 2.55. The summed E-state index contributed by atoms with van der Waals surface area (Å²) >= 11 is 1.63. The summed E-state index contributed by atoms with van der Waals surface area (Å²) in [6, 6.07) is 3.86. The Morgan fingerprint density at radius 1 is 1.48 bits per heavy atom. The number of carbonyl (C=O) groups is 2. The summed E-state index contributed by atoms with van der Waals surface area (Å²) in [7, 11) is 0. The Kier molecular flexibility index (Phi) is 4.47. The lowest BCUT2D eigenvalue weighted by Gasteiger charge is -2.04. The van der Waals surface area contributed by atoms with Gasteiger partial charge >= 0.3 is 0 Å². The van der Waals surface area contributed by atoms with Crippen LogP contribution in [0.4, 0.5) is 5.82 Å². The number of nitrogens with zero attached hydrogens (tertiary/aromatic N) is 1. The van der Waals surface area contributed by atoms with E-state index in [4.69, 9.17) is 0 Å². The molecule has 3 N–H and O–H groups in total. The first-order valence-electron chi connectivity index (χ1n) is 7.72. The largest absolute Gasteiger partial charge is 0.355 e. The molecule has 0 bridgehead atoms. The lowest BCUT2D eigenvalue weighted by atomic mass is 10.2. The predicted molar refractivity (Wildman–Crippen MR) is 90.2 cm³/mol. The van der Waals surface area contributed by atoms with Crippen molar-refractivity contribution in [3.8, 4) is 10.6 Å². The van der Waals surface area contributed by atoms with Gasteiger partial charge in [0.2, 0.25) is 11.8 Å². The fourth-order valence-corrected chi connectivity index (χ4v) is 3.37. The lowest BCUT2D eigenvalue weighted by molar-refractivity contribution is -0.122. The topological polar surface area (TPSA) is 86.9 Å². The summed E-state index contributed by atoms with van der Waals surface area (Å²) in [4.78, 5) is 24.7. The molecule has 7 heteroatoms. The highest BCUT2D eigenvalue weighted by molar-refractivity contribution is 7.13. The monoisotopic (exact) mass is 332 g/mol. The molecule has 0 aromatic carbocycles. The highest BCUT2D eigenvalue weighted by Crippen LogP contribution is 2.37. The van der Waals surface area contributed by atoms with Crippen LogP contribution in [0.2, 0.25) is 0 Å². The van der Waals surface area contributed by atoms with Gasteiger partial charge in [0.25, 0.3) is 0 Å². The zero-order valence-corrected chi connectivity index (χ0v) is 14.0. The van der Waals surface area contributed by atoms with E-state index in [0.29, 0.717) is 18.3 Å². The van der Waals surface area contributed by atoms with E-state index in [1.165, 1.54) is 5.56 Å². The Labute approximate surface area is 138 Å². The van der Waals surface area contributed by atoms with Crippen molar-refractivity contribution in [1.29, 1.82) is 0 Å². The van der Waals surface area contributed by atoms with Gasteiger partial charge in [-0.15, -0.1) is 11.3 Å². The maximum absolute atomic E-state index is 11.9. The quantitative estimate of drug-likeness (QED) is 0.760. The maximum Gasteiger partial charge on any atom is 0.227 e. The minimum absolute atomic E-state index is 0.0560. The molecule has 2 aromatic heterocycles. The van der Waals surface area contributed by atoms with Crippen molar-refractivity contribution in [2.75, 3.05) is 11.9 Å². The normalized spacial score (nSPS) is 19.4. The number of amides is 2. The summed E-state index contributed by atoms with van der Waals surface area (Å²) < 4.78 is 0. The van der Waals surface area contributed by atoms with Gasteiger partial charge in [0.1, 0.15) is 0 Å². The summed E-state index contributed by atoms with van der Waals surface area (Å²) in [6.07, 6.45) is 1.20. The van der Waals surface area contributed by atoms with Gasteiger partial charge in [-0.05, 0) is 36.3 Å². The average molecular weight is 332 g/mol. The third-order valence-electron chi connectivity index (χ3n) is 4.05. The number of hydrogen-bond donors (Lipinski definition) is 3. The zero-order valence-electron chi connectivity index (χ0n) is 13.2. The van der Waals surface area contributed by atoms with E-state index in [2.05, 4.69) is 27.8 Å². The number of rotatable bonds is 6. The molecule has 2 amide bonds. The molecule has 1 fully saturated rings. The van der Waals surface area contributed by atoms with Crippen LogP contribution in [0.5, 0.6) is 0 Å². The second-order valence-corrected chi connectivity index (χ2v) is 6.92. The van der Waals surface area contributed by atoms with Gasteiger partial charge in [-0.1, -0.05) is 6.92 Å². The van der Waals surface area contributed by atoms with E-state index in [1.54, 1.807) is 11.3 Å². The van der Waals surface area contributed by atoms with Gasteiger partial charge in [-0.2, -0.15) is 5.10 Å². The number of anilines is 1. The fraction of sp³-hybridized carbons (Fsp3) is 0.438. The Balaban J connectivity index is 1.46. The molecular weight excluding hydrogens is 312 g/mol. The molecule has 0 aliphatic heterocycles. The molecule has 23 heavy (non-hydrogen) atoms. The van der Waals surface area contributed by atoms with E-state index in [1.807, 2.05) is 24.4 Å². The SMILES string of the molecule is Cc1ccsc1-c1cc(NC(=O)CCNC(=O)[C@@H]2C[C@@H]2C)n[nH]1. The van der Waals surface area contributed by atoms with Crippen molar-refractivity contribution in [2.24, 2.45) is 11.8 Å². The molecule has 3 rings (SSSR count). The zero-order chi connectivity index (χ0) is 16.4. The number of aromatic nitrogens is 2. The van der Waals surface area contributed by atoms with Crippen LogP contribution < -0.4 is 10.6 Å². The highest BCUT2D eigenvalue weighted by Gasteiger charge is 2.38. The minimum atomic E-state index is -0.157. The van der Waals surface area contributed by atoms with Gasteiger partial charge in [0.15, 0.2) is 5.82 Å². The van der Waals surface area contributed by atoms with Gasteiger partial charge in [0, 0.05) is 24.9 Å². The van der Waals surface area contributed by atoms with Gasteiger partial charge in [-0.25, -0.2) is 0 Å². The molecule has 1 aliphatic carbocycles. The number of aromatic amines is 1. The van der Waals surface area contributed by atoms with E-state index in [9.17, 15) is 9.59 Å². The van der Waals surface area contributed by atoms with Crippen molar-refractivity contribution in [3.05, 3.63) is 23.1 Å². The second kappa shape index (κ2) is 6.54. The van der Waals surface area contributed by atoms with Crippen LogP contribution in [0.3, 0.4) is 0 Å². The summed E-state index contributed by atoms with van der Waals surface area (Å²) in [5, 5.41) is 14.6. The summed E-state index contributed by atoms with van der Waals surface area (Å²) in [5.74, 6) is 1.02. The number of nitrogens with one attached hydrogen (secondary N) is 3. The first-order chi connectivity index (χ1) is 11.0. The fourth-order valence-electron chi connectivity index (χ4n) is 2.47. The van der Waals surface area contributed by atoms with Crippen LogP contribution in [0, 0.1) is 18.8 Å². The van der Waals surface area contributed by atoms with Crippen molar-refractivity contribution < 1.29 is 9.59 Å². The number of aryl methyl sites for hydroxylation is 1. The molecule has 122 valence electrons. The van der Waals surface area contributed by atoms with Crippen LogP contribution in [-0.4, -0.2) is 28.6 Å². The Hall–Kier alpha value is -2.15. The number of carbonyl (C=O) groups excluding carboxylic acids is 2. The average Bonchev–Trinajstić information content (AvgIpc) is 2.88. The molecule has 0 saturated heterocycles. The molecule has 2 aromatic rings. The number of thiophene rings is 1. The smallest absolute Gasteiger partial charge is 0.227 e. The molecule has 1 aliphatic rings. The maximum atomic E-state index is 11.9. The second-order valence-electron chi connectivity index (χ2n) is 6.01. The first kappa shape index (κ1) is 15.7. The van der Waals surface area contributed by atoms with Crippen LogP contribution >= 0.6 is 11.3 Å². The number of H-pyrrole nitrogens is 1. The molecule has 2 atom stereocenters. The molecule has 0 spiro atoms. The molecule has 6 nitrogen and oxygen atoms in total. The summed E-state index contributed by atoms with van der Waals surface area (Å²) in [5.41, 5.74) is 2.07. The molecule has 1 saturated carbocycles. The highest BCUT2D eigenvalue weighted by atomic mass is 32.1. The van der Waals surface area contributed by atoms with Gasteiger partial charge < -0.3 is 10.6 Å². The van der Waals surface area contributed by atoms with Crippen LogP contribution in [0.25, 0.3) is 10.6 Å². The van der Waals surface area contributed by atoms with E-state index in [-0.39, 0.29) is 24.2 Å². The third-order valence-corrected chi connectivity index (χ3v) is 5.10. The molecule has 0 unspecified atom stereocenters.